The van der Waals surface area contributed by atoms with Crippen LogP contribution in [0, 0.1) is 5.82 Å². The van der Waals surface area contributed by atoms with Gasteiger partial charge in [0.05, 0.1) is 11.4 Å². The molecule has 2 aromatic carbocycles. The van der Waals surface area contributed by atoms with Gasteiger partial charge in [-0.3, -0.25) is 9.59 Å². The van der Waals surface area contributed by atoms with Gasteiger partial charge in [-0.1, -0.05) is 18.2 Å². The topological polar surface area (TPSA) is 55.4 Å². The van der Waals surface area contributed by atoms with Gasteiger partial charge in [0.2, 0.25) is 0 Å². The van der Waals surface area contributed by atoms with E-state index in [0.717, 1.165) is 10.4 Å². The number of fused-ring (bicyclic) bond motifs is 1. The summed E-state index contributed by atoms with van der Waals surface area (Å²) < 4.78 is 20.2. The van der Waals surface area contributed by atoms with Gasteiger partial charge >= 0.3 is 0 Å². The van der Waals surface area contributed by atoms with Crippen molar-refractivity contribution in [3.05, 3.63) is 76.4 Å². The van der Waals surface area contributed by atoms with E-state index < -0.39 is 0 Å². The summed E-state index contributed by atoms with van der Waals surface area (Å²) in [5.41, 5.74) is 2.00. The number of ketones is 1. The molecule has 0 radical (unpaired) electrons. The van der Waals surface area contributed by atoms with Crippen molar-refractivity contribution in [3.8, 4) is 16.2 Å². The summed E-state index contributed by atoms with van der Waals surface area (Å²) in [6, 6.07) is 15.4. The number of hydrogen-bond donors (Lipinski definition) is 1. The second-order valence-corrected chi connectivity index (χ2v) is 7.77. The quantitative estimate of drug-likeness (QED) is 0.648. The zero-order valence-corrected chi connectivity index (χ0v) is 16.0. The zero-order valence-electron chi connectivity index (χ0n) is 15.2. The second-order valence-electron chi connectivity index (χ2n) is 6.68. The molecule has 4 nitrogen and oxygen atoms in total. The molecule has 142 valence electrons. The van der Waals surface area contributed by atoms with Gasteiger partial charge in [0.25, 0.3) is 5.91 Å². The number of carbonyl (C=O) groups is 2. The monoisotopic (exact) mass is 395 g/mol. The third-order valence-electron chi connectivity index (χ3n) is 4.61. The van der Waals surface area contributed by atoms with Gasteiger partial charge in [0.15, 0.2) is 5.78 Å². The average molecular weight is 395 g/mol. The van der Waals surface area contributed by atoms with E-state index in [4.69, 9.17) is 4.74 Å². The van der Waals surface area contributed by atoms with Crippen molar-refractivity contribution >= 4 is 23.0 Å². The lowest BCUT2D eigenvalue weighted by atomic mass is 10.0. The molecule has 2 heterocycles. The highest BCUT2D eigenvalue weighted by molar-refractivity contribution is 7.17. The van der Waals surface area contributed by atoms with Crippen LogP contribution in [-0.2, 0) is 6.42 Å². The molecule has 0 aliphatic carbocycles. The van der Waals surface area contributed by atoms with Crippen LogP contribution in [0.3, 0.4) is 0 Å². The highest BCUT2D eigenvalue weighted by Gasteiger charge is 2.28. The first kappa shape index (κ1) is 18.4. The molecule has 1 aliphatic heterocycles. The fourth-order valence-corrected chi connectivity index (χ4v) is 4.18. The Morgan fingerprint density at radius 3 is 2.68 bits per heavy atom. The summed E-state index contributed by atoms with van der Waals surface area (Å²) >= 11 is 1.32. The minimum absolute atomic E-state index is 0.0216. The molecule has 0 saturated heterocycles. The fraction of sp³-hybridized carbons (Fsp3) is 0.182. The molecule has 0 saturated carbocycles. The summed E-state index contributed by atoms with van der Waals surface area (Å²) in [6.07, 6.45) is 0.246. The molecule has 1 amide bonds. The van der Waals surface area contributed by atoms with Gasteiger partial charge in [-0.05, 0) is 43.3 Å². The van der Waals surface area contributed by atoms with Crippen molar-refractivity contribution in [3.63, 3.8) is 0 Å². The minimum Gasteiger partial charge on any atom is -0.487 e. The maximum Gasteiger partial charge on any atom is 0.251 e. The number of rotatable bonds is 5. The second kappa shape index (κ2) is 7.56. The number of amides is 1. The summed E-state index contributed by atoms with van der Waals surface area (Å²) in [4.78, 5) is 25.2. The van der Waals surface area contributed by atoms with E-state index in [2.05, 4.69) is 5.32 Å². The summed E-state index contributed by atoms with van der Waals surface area (Å²) in [5, 5.41) is 2.87. The smallest absolute Gasteiger partial charge is 0.251 e. The van der Waals surface area contributed by atoms with Gasteiger partial charge in [-0.15, -0.1) is 11.3 Å². The van der Waals surface area contributed by atoms with Gasteiger partial charge in [-0.25, -0.2) is 4.39 Å². The van der Waals surface area contributed by atoms with E-state index in [0.29, 0.717) is 34.7 Å². The minimum atomic E-state index is -0.343. The third-order valence-corrected chi connectivity index (χ3v) is 5.83. The van der Waals surface area contributed by atoms with Gasteiger partial charge in [-0.2, -0.15) is 0 Å². The first-order valence-corrected chi connectivity index (χ1v) is 9.76. The highest BCUT2D eigenvalue weighted by atomic mass is 32.1. The molecular formula is C22H18FNO3S. The van der Waals surface area contributed by atoms with Gasteiger partial charge in [0.1, 0.15) is 17.7 Å². The number of thiophene rings is 1. The number of halogens is 1. The molecule has 4 rings (SSSR count). The lowest BCUT2D eigenvalue weighted by Crippen LogP contribution is -2.34. The van der Waals surface area contributed by atoms with Crippen molar-refractivity contribution in [2.75, 3.05) is 6.54 Å². The van der Waals surface area contributed by atoms with Crippen molar-refractivity contribution in [2.45, 2.75) is 19.4 Å². The van der Waals surface area contributed by atoms with Crippen LogP contribution < -0.4 is 10.1 Å². The van der Waals surface area contributed by atoms with Crippen LogP contribution in [0.25, 0.3) is 10.4 Å². The Morgan fingerprint density at radius 1 is 1.18 bits per heavy atom. The molecule has 28 heavy (non-hydrogen) atoms. The Balaban J connectivity index is 1.51. The Kier molecular flexibility index (Phi) is 4.96. The van der Waals surface area contributed by atoms with Crippen molar-refractivity contribution in [1.29, 1.82) is 0 Å². The van der Waals surface area contributed by atoms with E-state index in [1.54, 1.807) is 18.2 Å². The standard InChI is InChI=1S/C22H18FNO3S/c1-13(25)19-7-8-20(28-19)18-11-16(23)9-15-10-17(27-21(15)18)12-24-22(26)14-5-3-2-4-6-14/h2-9,11,17H,10,12H2,1H3,(H,24,26)/t17-/m1/s1. The predicted octanol–water partition coefficient (Wildman–Crippen LogP) is 4.49. The van der Waals surface area contributed by atoms with E-state index >= 15 is 0 Å². The Morgan fingerprint density at radius 2 is 1.96 bits per heavy atom. The van der Waals surface area contributed by atoms with Crippen LogP contribution in [0.1, 0.15) is 32.5 Å². The van der Waals surface area contributed by atoms with Crippen LogP contribution in [-0.4, -0.2) is 24.3 Å². The molecule has 1 N–H and O–H groups in total. The zero-order chi connectivity index (χ0) is 19.7. The maximum atomic E-state index is 14.1. The SMILES string of the molecule is CC(=O)c1ccc(-c2cc(F)cc3c2O[C@@H](CNC(=O)c2ccccc2)C3)s1. The molecule has 3 aromatic rings. The van der Waals surface area contributed by atoms with Crippen molar-refractivity contribution in [1.82, 2.24) is 5.32 Å². The number of ether oxygens (including phenoxy) is 1. The molecule has 0 bridgehead atoms. The number of Topliss-reactive ketones (excluding diaryl/α,β-unsaturated/α-hetero) is 1. The molecule has 1 aliphatic rings. The van der Waals surface area contributed by atoms with Crippen LogP contribution in [0.15, 0.2) is 54.6 Å². The number of nitrogens with one attached hydrogen (secondary N) is 1. The van der Waals surface area contributed by atoms with Crippen molar-refractivity contribution in [2.24, 2.45) is 0 Å². The van der Waals surface area contributed by atoms with Gasteiger partial charge in [0, 0.05) is 28.0 Å². The first-order chi connectivity index (χ1) is 13.5. The largest absolute Gasteiger partial charge is 0.487 e. The lowest BCUT2D eigenvalue weighted by Gasteiger charge is -2.13. The molecule has 6 heteroatoms. The molecule has 0 unspecified atom stereocenters. The highest BCUT2D eigenvalue weighted by Crippen LogP contribution is 2.42. The first-order valence-electron chi connectivity index (χ1n) is 8.94. The Hall–Kier alpha value is -2.99. The number of hydrogen-bond acceptors (Lipinski definition) is 4. The van der Waals surface area contributed by atoms with Crippen LogP contribution in [0.2, 0.25) is 0 Å². The fourth-order valence-electron chi connectivity index (χ4n) is 3.26. The van der Waals surface area contributed by atoms with E-state index in [1.165, 1.54) is 30.4 Å². The lowest BCUT2D eigenvalue weighted by molar-refractivity contribution is 0.0933. The molecular weight excluding hydrogens is 377 g/mol. The van der Waals surface area contributed by atoms with E-state index in [9.17, 15) is 14.0 Å². The Bertz CT molecular complexity index is 1050. The van der Waals surface area contributed by atoms with E-state index in [-0.39, 0.29) is 23.6 Å². The van der Waals surface area contributed by atoms with E-state index in [1.807, 2.05) is 24.3 Å². The summed E-state index contributed by atoms with van der Waals surface area (Å²) in [5.74, 6) is 0.0871. The molecule has 1 aromatic heterocycles. The molecule has 0 fully saturated rings. The normalized spacial score (nSPS) is 15.0. The average Bonchev–Trinajstić information content (AvgIpc) is 3.33. The molecule has 1 atom stereocenters. The number of carbonyl (C=O) groups excluding carboxylic acids is 2. The van der Waals surface area contributed by atoms with Crippen molar-refractivity contribution < 1.29 is 18.7 Å². The third kappa shape index (κ3) is 3.68. The number of benzene rings is 2. The summed E-state index contributed by atoms with van der Waals surface area (Å²) in [7, 11) is 0. The summed E-state index contributed by atoms with van der Waals surface area (Å²) in [6.45, 7) is 1.83. The predicted molar refractivity (Wildman–Crippen MR) is 107 cm³/mol. The van der Waals surface area contributed by atoms with Gasteiger partial charge < -0.3 is 10.1 Å². The Labute approximate surface area is 166 Å². The van der Waals surface area contributed by atoms with Crippen LogP contribution in [0.5, 0.6) is 5.75 Å². The van der Waals surface area contributed by atoms with Crippen LogP contribution in [0.4, 0.5) is 4.39 Å². The maximum absolute atomic E-state index is 14.1. The van der Waals surface area contributed by atoms with Crippen LogP contribution >= 0.6 is 11.3 Å². The molecule has 0 spiro atoms.